The molecule has 0 aromatic carbocycles. The third kappa shape index (κ3) is 3.29. The number of rotatable bonds is 6. The van der Waals surface area contributed by atoms with Gasteiger partial charge in [0.2, 0.25) is 0 Å². The lowest BCUT2D eigenvalue weighted by atomic mass is 10.0. The van der Waals surface area contributed by atoms with Crippen LogP contribution in [0.2, 0.25) is 0 Å². The van der Waals surface area contributed by atoms with Crippen LogP contribution >= 0.6 is 0 Å². The fourth-order valence-electron chi connectivity index (χ4n) is 3.09. The van der Waals surface area contributed by atoms with Gasteiger partial charge in [0.15, 0.2) is 5.82 Å². The van der Waals surface area contributed by atoms with Crippen LogP contribution in [-0.4, -0.2) is 32.2 Å². The van der Waals surface area contributed by atoms with Crippen molar-refractivity contribution in [3.63, 3.8) is 0 Å². The molecule has 0 radical (unpaired) electrons. The normalized spacial score (nSPS) is 14.7. The average Bonchev–Trinajstić information content (AvgIpc) is 3.27. The highest BCUT2D eigenvalue weighted by Crippen LogP contribution is 2.24. The Hall–Kier alpha value is -2.31. The third-order valence-electron chi connectivity index (χ3n) is 4.48. The van der Waals surface area contributed by atoms with Gasteiger partial charge >= 0.3 is 6.03 Å². The van der Waals surface area contributed by atoms with E-state index in [0.717, 1.165) is 36.6 Å². The molecular formula is C17H25N5O2. The first-order chi connectivity index (χ1) is 11.6. The number of carbonyl (C=O) groups is 1. The maximum atomic E-state index is 12.7. The van der Waals surface area contributed by atoms with Gasteiger partial charge < -0.3 is 19.2 Å². The summed E-state index contributed by atoms with van der Waals surface area (Å²) in [6.07, 6.45) is 5.35. The van der Waals surface area contributed by atoms with Gasteiger partial charge in [0.25, 0.3) is 0 Å². The molecule has 130 valence electrons. The van der Waals surface area contributed by atoms with Crippen LogP contribution in [0.5, 0.6) is 0 Å². The summed E-state index contributed by atoms with van der Waals surface area (Å²) in [5.41, 5.74) is 0.983. The molecular weight excluding hydrogens is 306 g/mol. The largest absolute Gasteiger partial charge is 0.472 e. The SMILES string of the molecule is CCN(Cc1ccoc1)C(=O)N[C@H](c1nnc2n1CCC2)C(C)C. The molecule has 1 atom stereocenters. The summed E-state index contributed by atoms with van der Waals surface area (Å²) in [5, 5.41) is 11.8. The van der Waals surface area contributed by atoms with Crippen LogP contribution in [0.1, 0.15) is 50.4 Å². The first kappa shape index (κ1) is 16.5. The number of urea groups is 1. The van der Waals surface area contributed by atoms with E-state index in [9.17, 15) is 4.79 Å². The summed E-state index contributed by atoms with van der Waals surface area (Å²) >= 11 is 0. The number of aryl methyl sites for hydroxylation is 1. The van der Waals surface area contributed by atoms with E-state index < -0.39 is 0 Å². The summed E-state index contributed by atoms with van der Waals surface area (Å²) in [5.74, 6) is 2.12. The van der Waals surface area contributed by atoms with Gasteiger partial charge in [-0.25, -0.2) is 4.79 Å². The van der Waals surface area contributed by atoms with Crippen molar-refractivity contribution in [1.82, 2.24) is 25.0 Å². The van der Waals surface area contributed by atoms with Gasteiger partial charge in [-0.2, -0.15) is 0 Å². The summed E-state index contributed by atoms with van der Waals surface area (Å²) in [6.45, 7) is 8.24. The zero-order valence-electron chi connectivity index (χ0n) is 14.5. The van der Waals surface area contributed by atoms with Crippen molar-refractivity contribution in [2.45, 2.75) is 52.7 Å². The maximum Gasteiger partial charge on any atom is 0.318 e. The lowest BCUT2D eigenvalue weighted by Gasteiger charge is -2.27. The first-order valence-corrected chi connectivity index (χ1v) is 8.58. The van der Waals surface area contributed by atoms with Crippen molar-refractivity contribution in [2.75, 3.05) is 6.54 Å². The molecule has 1 aliphatic rings. The van der Waals surface area contributed by atoms with Crippen LogP contribution in [0, 0.1) is 5.92 Å². The van der Waals surface area contributed by atoms with Crippen molar-refractivity contribution < 1.29 is 9.21 Å². The number of carbonyl (C=O) groups excluding carboxylic acids is 1. The van der Waals surface area contributed by atoms with Crippen LogP contribution in [0.3, 0.4) is 0 Å². The lowest BCUT2D eigenvalue weighted by molar-refractivity contribution is 0.188. The van der Waals surface area contributed by atoms with Gasteiger partial charge in [0, 0.05) is 25.1 Å². The third-order valence-corrected chi connectivity index (χ3v) is 4.48. The standard InChI is InChI=1S/C17H25N5O2/c1-4-21(10-13-7-9-24-11-13)17(23)18-15(12(2)3)16-20-19-14-6-5-8-22(14)16/h7,9,11-12,15H,4-6,8,10H2,1-3H3,(H,18,23)/t15-/m0/s1. The molecule has 7 heteroatoms. The molecule has 7 nitrogen and oxygen atoms in total. The highest BCUT2D eigenvalue weighted by Gasteiger charge is 2.28. The van der Waals surface area contributed by atoms with Gasteiger partial charge in [-0.1, -0.05) is 13.8 Å². The molecule has 2 aromatic heterocycles. The van der Waals surface area contributed by atoms with E-state index in [4.69, 9.17) is 4.42 Å². The topological polar surface area (TPSA) is 76.2 Å². The Morgan fingerprint density at radius 3 is 2.96 bits per heavy atom. The minimum Gasteiger partial charge on any atom is -0.472 e. The van der Waals surface area contributed by atoms with Crippen LogP contribution < -0.4 is 5.32 Å². The summed E-state index contributed by atoms with van der Waals surface area (Å²) in [6, 6.07) is 1.64. The monoisotopic (exact) mass is 331 g/mol. The number of aromatic nitrogens is 3. The van der Waals surface area contributed by atoms with Crippen molar-refractivity contribution in [1.29, 1.82) is 0 Å². The number of hydrogen-bond donors (Lipinski definition) is 1. The number of nitrogens with one attached hydrogen (secondary N) is 1. The summed E-state index contributed by atoms with van der Waals surface area (Å²) < 4.78 is 7.24. The average molecular weight is 331 g/mol. The molecule has 24 heavy (non-hydrogen) atoms. The van der Waals surface area contributed by atoms with E-state index in [0.29, 0.717) is 13.1 Å². The van der Waals surface area contributed by atoms with E-state index >= 15 is 0 Å². The number of hydrogen-bond acceptors (Lipinski definition) is 4. The second kappa shape index (κ2) is 7.07. The maximum absolute atomic E-state index is 12.7. The highest BCUT2D eigenvalue weighted by atomic mass is 16.3. The molecule has 0 saturated carbocycles. The van der Waals surface area contributed by atoms with E-state index in [1.165, 1.54) is 0 Å². The Kier molecular flexibility index (Phi) is 4.87. The zero-order chi connectivity index (χ0) is 17.1. The minimum atomic E-state index is -0.143. The predicted octanol–water partition coefficient (Wildman–Crippen LogP) is 2.75. The molecule has 0 spiro atoms. The van der Waals surface area contributed by atoms with Crippen LogP contribution in [0.25, 0.3) is 0 Å². The van der Waals surface area contributed by atoms with Crippen molar-refractivity contribution in [3.05, 3.63) is 35.8 Å². The fourth-order valence-corrected chi connectivity index (χ4v) is 3.09. The molecule has 2 aromatic rings. The smallest absolute Gasteiger partial charge is 0.318 e. The molecule has 1 N–H and O–H groups in total. The van der Waals surface area contributed by atoms with E-state index in [2.05, 4.69) is 33.9 Å². The second-order valence-electron chi connectivity index (χ2n) is 6.55. The van der Waals surface area contributed by atoms with Crippen LogP contribution in [0.15, 0.2) is 23.0 Å². The Bertz CT molecular complexity index is 677. The van der Waals surface area contributed by atoms with Crippen LogP contribution in [-0.2, 0) is 19.5 Å². The molecule has 2 amide bonds. The molecule has 0 fully saturated rings. The predicted molar refractivity (Wildman–Crippen MR) is 89.2 cm³/mol. The second-order valence-corrected chi connectivity index (χ2v) is 6.55. The van der Waals surface area contributed by atoms with Crippen molar-refractivity contribution in [3.8, 4) is 0 Å². The quantitative estimate of drug-likeness (QED) is 0.883. The molecule has 0 saturated heterocycles. The van der Waals surface area contributed by atoms with E-state index in [-0.39, 0.29) is 18.0 Å². The number of fused-ring (bicyclic) bond motifs is 1. The van der Waals surface area contributed by atoms with Gasteiger partial charge in [0.1, 0.15) is 5.82 Å². The van der Waals surface area contributed by atoms with E-state index in [1.807, 2.05) is 13.0 Å². The van der Waals surface area contributed by atoms with Crippen molar-refractivity contribution >= 4 is 6.03 Å². The molecule has 0 aliphatic carbocycles. The minimum absolute atomic E-state index is 0.0900. The van der Waals surface area contributed by atoms with Crippen LogP contribution in [0.4, 0.5) is 4.79 Å². The van der Waals surface area contributed by atoms with Gasteiger partial charge in [0.05, 0.1) is 25.1 Å². The number of nitrogens with zero attached hydrogens (tertiary/aromatic N) is 4. The Balaban J connectivity index is 1.73. The molecule has 0 unspecified atom stereocenters. The number of amides is 2. The van der Waals surface area contributed by atoms with Gasteiger partial charge in [-0.05, 0) is 25.3 Å². The Morgan fingerprint density at radius 1 is 1.46 bits per heavy atom. The van der Waals surface area contributed by atoms with Gasteiger partial charge in [-0.15, -0.1) is 10.2 Å². The highest BCUT2D eigenvalue weighted by molar-refractivity contribution is 5.74. The number of furan rings is 1. The fraction of sp³-hybridized carbons (Fsp3) is 0.588. The summed E-state index contributed by atoms with van der Waals surface area (Å²) in [7, 11) is 0. The summed E-state index contributed by atoms with van der Waals surface area (Å²) in [4.78, 5) is 14.5. The Labute approximate surface area is 142 Å². The molecule has 1 aliphatic heterocycles. The molecule has 3 rings (SSSR count). The first-order valence-electron chi connectivity index (χ1n) is 8.58. The Morgan fingerprint density at radius 2 is 2.29 bits per heavy atom. The molecule has 3 heterocycles. The van der Waals surface area contributed by atoms with Gasteiger partial charge in [-0.3, -0.25) is 0 Å². The van der Waals surface area contributed by atoms with E-state index in [1.54, 1.807) is 17.4 Å². The zero-order valence-corrected chi connectivity index (χ0v) is 14.5. The lowest BCUT2D eigenvalue weighted by Crippen LogP contribution is -2.43. The molecule has 0 bridgehead atoms. The van der Waals surface area contributed by atoms with Crippen molar-refractivity contribution in [2.24, 2.45) is 5.92 Å².